The zero-order valence-corrected chi connectivity index (χ0v) is 18.2. The Hall–Kier alpha value is -1.32. The Morgan fingerprint density at radius 3 is 1.10 bits per heavy atom. The van der Waals surface area contributed by atoms with Crippen molar-refractivity contribution < 1.29 is 19.1 Å². The molecule has 0 unspecified atom stereocenters. The summed E-state index contributed by atoms with van der Waals surface area (Å²) in [6.07, 6.45) is 18.3. The van der Waals surface area contributed by atoms with Crippen molar-refractivity contribution in [2.45, 2.75) is 77.0 Å². The Bertz CT molecular complexity index is 618. The second-order valence-corrected chi connectivity index (χ2v) is 12.4. The molecule has 0 heterocycles. The molecule has 0 amide bonds. The zero-order chi connectivity index (χ0) is 20.3. The van der Waals surface area contributed by atoms with Crippen molar-refractivity contribution in [2.75, 3.05) is 13.2 Å². The Labute approximate surface area is 180 Å². The Morgan fingerprint density at radius 1 is 0.567 bits per heavy atom. The number of ether oxygens (including phenoxy) is 2. The van der Waals surface area contributed by atoms with Gasteiger partial charge in [-0.25, -0.2) is 9.59 Å². The molecule has 0 spiro atoms. The average Bonchev–Trinajstić information content (AvgIpc) is 2.67. The predicted octanol–water partition coefficient (Wildman–Crippen LogP) is 5.06. The number of carbonyl (C=O) groups is 2. The molecule has 0 aromatic rings. The summed E-state index contributed by atoms with van der Waals surface area (Å²) in [4.78, 5) is 24.5. The molecule has 0 radical (unpaired) electrons. The third-order valence-corrected chi connectivity index (χ3v) is 9.73. The van der Waals surface area contributed by atoms with Crippen LogP contribution in [-0.4, -0.2) is 25.2 Å². The van der Waals surface area contributed by atoms with Crippen LogP contribution in [0.15, 0.2) is 12.2 Å². The maximum Gasteiger partial charge on any atom is 0.331 e. The summed E-state index contributed by atoms with van der Waals surface area (Å²) in [5, 5.41) is 0. The number of hydrogen-bond donors (Lipinski definition) is 0. The highest BCUT2D eigenvalue weighted by molar-refractivity contribution is 5.91. The maximum absolute atomic E-state index is 12.2. The Kier molecular flexibility index (Phi) is 4.58. The van der Waals surface area contributed by atoms with E-state index in [0.717, 1.165) is 35.5 Å². The van der Waals surface area contributed by atoms with Crippen LogP contribution in [0.1, 0.15) is 77.0 Å². The molecular formula is C26H36O4. The molecule has 4 nitrogen and oxygen atoms in total. The van der Waals surface area contributed by atoms with Crippen molar-refractivity contribution in [3.63, 3.8) is 0 Å². The quantitative estimate of drug-likeness (QED) is 0.452. The summed E-state index contributed by atoms with van der Waals surface area (Å²) in [5.74, 6) is 4.33. The van der Waals surface area contributed by atoms with Crippen LogP contribution < -0.4 is 0 Å². The SMILES string of the molecule is O=C(/C=C/C(=O)OCC12CC3CC(CC(C3)C1)C2)OCC12CC3CC(CC(C3)C1)C2. The lowest BCUT2D eigenvalue weighted by Crippen LogP contribution is -2.48. The molecular weight excluding hydrogens is 376 g/mol. The monoisotopic (exact) mass is 412 g/mol. The van der Waals surface area contributed by atoms with Crippen molar-refractivity contribution in [1.29, 1.82) is 0 Å². The van der Waals surface area contributed by atoms with E-state index in [9.17, 15) is 9.59 Å². The number of rotatable bonds is 6. The van der Waals surface area contributed by atoms with E-state index in [2.05, 4.69) is 0 Å². The fourth-order valence-corrected chi connectivity index (χ4v) is 9.61. The number of hydrogen-bond acceptors (Lipinski definition) is 4. The van der Waals surface area contributed by atoms with Crippen LogP contribution in [0.2, 0.25) is 0 Å². The molecule has 8 fully saturated rings. The molecule has 164 valence electrons. The largest absolute Gasteiger partial charge is 0.462 e. The minimum Gasteiger partial charge on any atom is -0.462 e. The lowest BCUT2D eigenvalue weighted by Gasteiger charge is -2.56. The normalized spacial score (nSPS) is 47.7. The van der Waals surface area contributed by atoms with Gasteiger partial charge in [-0.05, 0) is 113 Å². The first-order valence-electron chi connectivity index (χ1n) is 12.5. The molecule has 8 aliphatic carbocycles. The van der Waals surface area contributed by atoms with Gasteiger partial charge in [-0.2, -0.15) is 0 Å². The Balaban J connectivity index is 0.978. The smallest absolute Gasteiger partial charge is 0.331 e. The minimum atomic E-state index is -0.391. The van der Waals surface area contributed by atoms with Crippen LogP contribution in [0.4, 0.5) is 0 Å². The van der Waals surface area contributed by atoms with Crippen LogP contribution in [0.5, 0.6) is 0 Å². The van der Waals surface area contributed by atoms with Gasteiger partial charge in [-0.3, -0.25) is 0 Å². The molecule has 0 aliphatic heterocycles. The van der Waals surface area contributed by atoms with E-state index in [4.69, 9.17) is 9.47 Å². The average molecular weight is 413 g/mol. The first-order chi connectivity index (χ1) is 14.5. The van der Waals surface area contributed by atoms with Crippen molar-refractivity contribution in [3.05, 3.63) is 12.2 Å². The summed E-state index contributed by atoms with van der Waals surface area (Å²) in [6, 6.07) is 0. The van der Waals surface area contributed by atoms with E-state index < -0.39 is 11.9 Å². The molecule has 0 saturated heterocycles. The van der Waals surface area contributed by atoms with Crippen molar-refractivity contribution >= 4 is 11.9 Å². The summed E-state index contributed by atoms with van der Waals surface area (Å²) < 4.78 is 11.2. The molecule has 8 bridgehead atoms. The highest BCUT2D eigenvalue weighted by Gasteiger charge is 2.52. The molecule has 8 saturated carbocycles. The van der Waals surface area contributed by atoms with Crippen LogP contribution in [0, 0.1) is 46.3 Å². The van der Waals surface area contributed by atoms with Crippen LogP contribution in [-0.2, 0) is 19.1 Å². The first kappa shape index (κ1) is 19.4. The van der Waals surface area contributed by atoms with E-state index in [1.165, 1.54) is 89.2 Å². The molecule has 0 N–H and O–H groups in total. The van der Waals surface area contributed by atoms with Gasteiger partial charge in [0.2, 0.25) is 0 Å². The fourth-order valence-electron chi connectivity index (χ4n) is 9.61. The van der Waals surface area contributed by atoms with Gasteiger partial charge in [0.25, 0.3) is 0 Å². The number of carbonyl (C=O) groups excluding carboxylic acids is 2. The van der Waals surface area contributed by atoms with Crippen molar-refractivity contribution in [3.8, 4) is 0 Å². The molecule has 4 heteroatoms. The lowest BCUT2D eigenvalue weighted by atomic mass is 9.50. The van der Waals surface area contributed by atoms with Gasteiger partial charge in [0.05, 0.1) is 13.2 Å². The first-order valence-corrected chi connectivity index (χ1v) is 12.5. The van der Waals surface area contributed by atoms with Gasteiger partial charge in [-0.1, -0.05) is 0 Å². The second-order valence-electron chi connectivity index (χ2n) is 12.4. The van der Waals surface area contributed by atoms with Crippen LogP contribution in [0.3, 0.4) is 0 Å². The maximum atomic E-state index is 12.2. The van der Waals surface area contributed by atoms with Crippen molar-refractivity contribution in [2.24, 2.45) is 46.3 Å². The van der Waals surface area contributed by atoms with E-state index in [-0.39, 0.29) is 10.8 Å². The molecule has 0 atom stereocenters. The zero-order valence-electron chi connectivity index (χ0n) is 18.2. The van der Waals surface area contributed by atoms with Gasteiger partial charge >= 0.3 is 11.9 Å². The number of esters is 2. The van der Waals surface area contributed by atoms with E-state index in [0.29, 0.717) is 13.2 Å². The van der Waals surface area contributed by atoms with Crippen LogP contribution in [0.25, 0.3) is 0 Å². The van der Waals surface area contributed by atoms with E-state index in [1.807, 2.05) is 0 Å². The summed E-state index contributed by atoms with van der Waals surface area (Å²) in [5.41, 5.74) is 0.439. The third kappa shape index (κ3) is 3.62. The standard InChI is InChI=1S/C26H36O4/c27-23(29-15-25-9-17-3-18(10-25)5-19(4-17)11-25)1-2-24(28)30-16-26-12-20-6-21(13-26)8-22(7-20)14-26/h1-2,17-22H,3-16H2/b2-1+. The van der Waals surface area contributed by atoms with Gasteiger partial charge in [0.1, 0.15) is 0 Å². The second kappa shape index (κ2) is 7.10. The van der Waals surface area contributed by atoms with Gasteiger partial charge in [0.15, 0.2) is 0 Å². The fraction of sp³-hybridized carbons (Fsp3) is 0.846. The third-order valence-electron chi connectivity index (χ3n) is 9.73. The summed E-state index contributed by atoms with van der Waals surface area (Å²) in [6.45, 7) is 1.06. The van der Waals surface area contributed by atoms with Crippen molar-refractivity contribution in [1.82, 2.24) is 0 Å². The van der Waals surface area contributed by atoms with Gasteiger partial charge in [-0.15, -0.1) is 0 Å². The topological polar surface area (TPSA) is 52.6 Å². The lowest BCUT2D eigenvalue weighted by molar-refractivity contribution is -0.152. The Morgan fingerprint density at radius 2 is 0.833 bits per heavy atom. The highest BCUT2D eigenvalue weighted by Crippen LogP contribution is 2.61. The molecule has 0 aromatic carbocycles. The molecule has 8 rings (SSSR count). The molecule has 30 heavy (non-hydrogen) atoms. The minimum absolute atomic E-state index is 0.220. The van der Waals surface area contributed by atoms with E-state index in [1.54, 1.807) is 0 Å². The van der Waals surface area contributed by atoms with Gasteiger partial charge < -0.3 is 9.47 Å². The van der Waals surface area contributed by atoms with Crippen LogP contribution >= 0.6 is 0 Å². The molecule has 8 aliphatic rings. The van der Waals surface area contributed by atoms with Gasteiger partial charge in [0, 0.05) is 23.0 Å². The van der Waals surface area contributed by atoms with E-state index >= 15 is 0 Å². The predicted molar refractivity (Wildman–Crippen MR) is 112 cm³/mol. The summed E-state index contributed by atoms with van der Waals surface area (Å²) in [7, 11) is 0. The molecule has 0 aromatic heterocycles. The highest BCUT2D eigenvalue weighted by atomic mass is 16.5. The summed E-state index contributed by atoms with van der Waals surface area (Å²) >= 11 is 0.